The number of nitrogens with one attached hydrogen (secondary N) is 1. The molecule has 180 valence electrons. The molecule has 4 rings (SSSR count). The number of aryl methyl sites for hydroxylation is 1. The van der Waals surface area contributed by atoms with Crippen LogP contribution >= 0.6 is 0 Å². The highest BCUT2D eigenvalue weighted by Gasteiger charge is 2.19. The predicted octanol–water partition coefficient (Wildman–Crippen LogP) is 5.55. The lowest BCUT2D eigenvalue weighted by Gasteiger charge is -2.17. The number of rotatable bonds is 7. The minimum Gasteiger partial charge on any atom is -0.493 e. The van der Waals surface area contributed by atoms with Gasteiger partial charge >= 0.3 is 0 Å². The summed E-state index contributed by atoms with van der Waals surface area (Å²) in [6, 6.07) is 19.0. The Morgan fingerprint density at radius 3 is 2.17 bits per heavy atom. The summed E-state index contributed by atoms with van der Waals surface area (Å²) in [5.74, 6) is 1.31. The monoisotopic (exact) mass is 471 g/mol. The molecule has 0 saturated carbocycles. The number of ether oxygens (including phenoxy) is 3. The van der Waals surface area contributed by atoms with E-state index in [1.165, 1.54) is 0 Å². The summed E-state index contributed by atoms with van der Waals surface area (Å²) in [5.41, 5.74) is 5.40. The van der Waals surface area contributed by atoms with E-state index in [1.54, 1.807) is 27.4 Å². The zero-order valence-corrected chi connectivity index (χ0v) is 20.8. The third-order valence-electron chi connectivity index (χ3n) is 5.90. The van der Waals surface area contributed by atoms with Gasteiger partial charge < -0.3 is 24.4 Å². The molecule has 35 heavy (non-hydrogen) atoms. The van der Waals surface area contributed by atoms with Crippen LogP contribution in [0.5, 0.6) is 17.2 Å². The van der Waals surface area contributed by atoms with Crippen molar-refractivity contribution >= 4 is 28.2 Å². The number of para-hydroxylation sites is 1. The molecule has 0 saturated heterocycles. The molecule has 1 amide bonds. The maximum atomic E-state index is 13.5. The van der Waals surface area contributed by atoms with Crippen molar-refractivity contribution in [2.24, 2.45) is 0 Å². The molecule has 7 heteroatoms. The van der Waals surface area contributed by atoms with Crippen LogP contribution in [0.25, 0.3) is 22.2 Å². The smallest absolute Gasteiger partial charge is 0.256 e. The first-order chi connectivity index (χ1) is 16.9. The fourth-order valence-electron chi connectivity index (χ4n) is 4.00. The number of amides is 1. The second-order valence-corrected chi connectivity index (χ2v) is 8.33. The number of anilines is 2. The number of hydrogen-bond donors (Lipinski definition) is 1. The molecule has 0 aliphatic heterocycles. The first-order valence-corrected chi connectivity index (χ1v) is 11.2. The molecule has 0 fully saturated rings. The van der Waals surface area contributed by atoms with Crippen molar-refractivity contribution in [2.45, 2.75) is 6.92 Å². The topological polar surface area (TPSA) is 72.9 Å². The van der Waals surface area contributed by atoms with E-state index >= 15 is 0 Å². The van der Waals surface area contributed by atoms with Crippen molar-refractivity contribution in [1.29, 1.82) is 0 Å². The molecule has 0 atom stereocenters. The van der Waals surface area contributed by atoms with Gasteiger partial charge in [0.15, 0.2) is 11.5 Å². The van der Waals surface area contributed by atoms with E-state index in [0.29, 0.717) is 34.0 Å². The normalized spacial score (nSPS) is 10.7. The number of carbonyl (C=O) groups excluding carboxylic acids is 1. The zero-order valence-electron chi connectivity index (χ0n) is 20.8. The van der Waals surface area contributed by atoms with Crippen LogP contribution in [0.4, 0.5) is 11.4 Å². The van der Waals surface area contributed by atoms with Crippen molar-refractivity contribution in [2.75, 3.05) is 45.6 Å². The molecular weight excluding hydrogens is 442 g/mol. The Labute approximate surface area is 205 Å². The number of methoxy groups -OCH3 is 3. The predicted molar refractivity (Wildman–Crippen MR) is 140 cm³/mol. The molecule has 0 aliphatic rings. The number of benzene rings is 3. The number of carbonyl (C=O) groups is 1. The molecule has 1 aromatic heterocycles. The molecular formula is C28H29N3O4. The minimum absolute atomic E-state index is 0.210. The van der Waals surface area contributed by atoms with E-state index in [-0.39, 0.29) is 5.91 Å². The van der Waals surface area contributed by atoms with E-state index in [4.69, 9.17) is 19.2 Å². The molecule has 4 aromatic rings. The average Bonchev–Trinajstić information content (AvgIpc) is 2.87. The number of fused-ring (bicyclic) bond motifs is 1. The van der Waals surface area contributed by atoms with Crippen molar-refractivity contribution in [1.82, 2.24) is 4.98 Å². The number of nitrogens with zero attached hydrogens (tertiary/aromatic N) is 2. The van der Waals surface area contributed by atoms with Crippen molar-refractivity contribution in [3.63, 3.8) is 0 Å². The third kappa shape index (κ3) is 4.71. The average molecular weight is 472 g/mol. The second-order valence-electron chi connectivity index (χ2n) is 8.33. The van der Waals surface area contributed by atoms with Gasteiger partial charge in [-0.1, -0.05) is 18.2 Å². The van der Waals surface area contributed by atoms with Crippen LogP contribution in [0.15, 0.2) is 60.7 Å². The summed E-state index contributed by atoms with van der Waals surface area (Å²) in [6.45, 7) is 1.98. The molecule has 0 aliphatic carbocycles. The largest absolute Gasteiger partial charge is 0.493 e. The number of aromatic nitrogens is 1. The fourth-order valence-corrected chi connectivity index (χ4v) is 4.00. The van der Waals surface area contributed by atoms with Gasteiger partial charge in [-0.2, -0.15) is 0 Å². The second kappa shape index (κ2) is 9.93. The maximum Gasteiger partial charge on any atom is 0.256 e. The Kier molecular flexibility index (Phi) is 6.78. The highest BCUT2D eigenvalue weighted by Crippen LogP contribution is 2.41. The Balaban J connectivity index is 1.81. The molecule has 7 nitrogen and oxygen atoms in total. The molecule has 0 bridgehead atoms. The van der Waals surface area contributed by atoms with E-state index in [0.717, 1.165) is 27.9 Å². The summed E-state index contributed by atoms with van der Waals surface area (Å²) < 4.78 is 16.5. The van der Waals surface area contributed by atoms with Gasteiger partial charge in [-0.05, 0) is 55.0 Å². The molecule has 3 aromatic carbocycles. The van der Waals surface area contributed by atoms with Crippen LogP contribution in [-0.4, -0.2) is 46.3 Å². The van der Waals surface area contributed by atoms with Gasteiger partial charge in [0.2, 0.25) is 5.75 Å². The molecule has 1 N–H and O–H groups in total. The van der Waals surface area contributed by atoms with Crippen molar-refractivity contribution in [3.8, 4) is 28.5 Å². The van der Waals surface area contributed by atoms with E-state index < -0.39 is 0 Å². The minimum atomic E-state index is -0.210. The lowest BCUT2D eigenvalue weighted by molar-refractivity contribution is 0.102. The van der Waals surface area contributed by atoms with Crippen LogP contribution < -0.4 is 24.4 Å². The van der Waals surface area contributed by atoms with Crippen molar-refractivity contribution < 1.29 is 19.0 Å². The molecule has 0 unspecified atom stereocenters. The summed E-state index contributed by atoms with van der Waals surface area (Å²) in [5, 5.41) is 3.84. The third-order valence-corrected chi connectivity index (χ3v) is 5.90. The SMILES string of the molecule is COc1cc(-c2cc(C(=O)Nc3ccc(N(C)C)cc3C)c3ccccc3n2)cc(OC)c1OC. The molecule has 0 spiro atoms. The lowest BCUT2D eigenvalue weighted by Crippen LogP contribution is -2.15. The summed E-state index contributed by atoms with van der Waals surface area (Å²) in [4.78, 5) is 20.4. The molecule has 1 heterocycles. The van der Waals surface area contributed by atoms with Gasteiger partial charge in [-0.15, -0.1) is 0 Å². The Hall–Kier alpha value is -4.26. The van der Waals surface area contributed by atoms with Gasteiger partial charge in [-0.3, -0.25) is 4.79 Å². The fraction of sp³-hybridized carbons (Fsp3) is 0.214. The maximum absolute atomic E-state index is 13.5. The van der Waals surface area contributed by atoms with E-state index in [2.05, 4.69) is 5.32 Å². The standard InChI is InChI=1S/C28H29N3O4/c1-17-13-19(31(2)3)11-12-22(17)30-28(32)21-16-24(29-23-10-8-7-9-20(21)23)18-14-25(33-4)27(35-6)26(15-18)34-5/h7-16H,1-6H3,(H,30,32). The lowest BCUT2D eigenvalue weighted by atomic mass is 10.0. The highest BCUT2D eigenvalue weighted by molar-refractivity contribution is 6.13. The van der Waals surface area contributed by atoms with Crippen LogP contribution in [0.1, 0.15) is 15.9 Å². The Morgan fingerprint density at radius 1 is 0.886 bits per heavy atom. The van der Waals surface area contributed by atoms with Gasteiger partial charge in [0.1, 0.15) is 0 Å². The van der Waals surface area contributed by atoms with Crippen LogP contribution in [0.3, 0.4) is 0 Å². The summed E-state index contributed by atoms with van der Waals surface area (Å²) >= 11 is 0. The highest BCUT2D eigenvalue weighted by atomic mass is 16.5. The van der Waals surface area contributed by atoms with Gasteiger partial charge in [0, 0.05) is 36.4 Å². The zero-order chi connectivity index (χ0) is 25.1. The summed E-state index contributed by atoms with van der Waals surface area (Å²) in [7, 11) is 8.67. The first-order valence-electron chi connectivity index (χ1n) is 11.2. The van der Waals surface area contributed by atoms with Gasteiger partial charge in [-0.25, -0.2) is 4.98 Å². The van der Waals surface area contributed by atoms with Crippen LogP contribution in [0.2, 0.25) is 0 Å². The Morgan fingerprint density at radius 2 is 1.57 bits per heavy atom. The van der Waals surface area contributed by atoms with Crippen LogP contribution in [-0.2, 0) is 0 Å². The number of hydrogen-bond acceptors (Lipinski definition) is 6. The first kappa shape index (κ1) is 23.9. The molecule has 0 radical (unpaired) electrons. The van der Waals surface area contributed by atoms with Crippen LogP contribution in [0, 0.1) is 6.92 Å². The Bertz CT molecular complexity index is 1370. The quantitative estimate of drug-likeness (QED) is 0.381. The number of pyridine rings is 1. The van der Waals surface area contributed by atoms with Crippen molar-refractivity contribution in [3.05, 3.63) is 71.8 Å². The summed E-state index contributed by atoms with van der Waals surface area (Å²) in [6.07, 6.45) is 0. The van der Waals surface area contributed by atoms with Gasteiger partial charge in [0.25, 0.3) is 5.91 Å². The van der Waals surface area contributed by atoms with Gasteiger partial charge in [0.05, 0.1) is 38.1 Å². The van der Waals surface area contributed by atoms with E-state index in [1.807, 2.05) is 80.5 Å². The van der Waals surface area contributed by atoms with E-state index in [9.17, 15) is 4.79 Å².